The third kappa shape index (κ3) is 5.69. The molecule has 2 aromatic rings. The molecule has 0 aliphatic heterocycles. The van der Waals surface area contributed by atoms with E-state index in [2.05, 4.69) is 27.9 Å². The van der Waals surface area contributed by atoms with Crippen LogP contribution in [0.2, 0.25) is 0 Å². The minimum absolute atomic E-state index is 0.0286. The van der Waals surface area contributed by atoms with Crippen molar-refractivity contribution in [3.63, 3.8) is 0 Å². The second-order valence-electron chi connectivity index (χ2n) is 8.44. The van der Waals surface area contributed by atoms with Gasteiger partial charge in [0.15, 0.2) is 18.1 Å². The Morgan fingerprint density at radius 2 is 2.06 bits per heavy atom. The molecule has 8 heteroatoms. The fourth-order valence-corrected chi connectivity index (χ4v) is 6.58. The molecular formula is C25H28IN3O3S. The van der Waals surface area contributed by atoms with Crippen molar-refractivity contribution in [2.75, 3.05) is 13.7 Å². The highest BCUT2D eigenvalue weighted by Gasteiger charge is 2.27. The van der Waals surface area contributed by atoms with E-state index >= 15 is 0 Å². The van der Waals surface area contributed by atoms with Crippen LogP contribution in [0.25, 0.3) is 0 Å². The fraction of sp³-hybridized carbons (Fsp3) is 0.480. The van der Waals surface area contributed by atoms with Gasteiger partial charge in [-0.05, 0) is 84.4 Å². The number of hydrogen-bond acceptors (Lipinski definition) is 6. The Hall–Kier alpha value is -2.12. The van der Waals surface area contributed by atoms with Gasteiger partial charge in [0, 0.05) is 17.1 Å². The van der Waals surface area contributed by atoms with E-state index in [-0.39, 0.29) is 18.6 Å². The third-order valence-corrected chi connectivity index (χ3v) is 8.18. The minimum Gasteiger partial charge on any atom is -0.493 e. The van der Waals surface area contributed by atoms with Crippen LogP contribution in [-0.2, 0) is 12.8 Å². The number of aliphatic imine (C=N–C) groups is 1. The van der Waals surface area contributed by atoms with Gasteiger partial charge in [0.1, 0.15) is 11.1 Å². The Morgan fingerprint density at radius 1 is 1.27 bits per heavy atom. The lowest BCUT2D eigenvalue weighted by molar-refractivity contribution is 0.0927. The number of ether oxygens (including phenoxy) is 2. The van der Waals surface area contributed by atoms with Crippen molar-refractivity contribution in [3.05, 3.63) is 37.3 Å². The van der Waals surface area contributed by atoms with Crippen molar-refractivity contribution >= 4 is 51.1 Å². The normalized spacial score (nSPS) is 16.3. The molecule has 2 aliphatic rings. The summed E-state index contributed by atoms with van der Waals surface area (Å²) in [6.45, 7) is -0.0417. The lowest BCUT2D eigenvalue weighted by Gasteiger charge is -2.23. The zero-order valence-electron chi connectivity index (χ0n) is 18.8. The summed E-state index contributed by atoms with van der Waals surface area (Å²) in [6.07, 6.45) is 11.8. The Bertz CT molecular complexity index is 1080. The number of hydrogen-bond donors (Lipinski definition) is 1. The molecule has 0 radical (unpaired) electrons. The lowest BCUT2D eigenvalue weighted by Crippen LogP contribution is -2.36. The second kappa shape index (κ2) is 11.3. The second-order valence-corrected chi connectivity index (χ2v) is 10.7. The number of rotatable bonds is 7. The quantitative estimate of drug-likeness (QED) is 0.326. The van der Waals surface area contributed by atoms with Crippen molar-refractivity contribution in [1.29, 1.82) is 5.26 Å². The summed E-state index contributed by atoms with van der Waals surface area (Å²) in [6, 6.07) is 6.03. The summed E-state index contributed by atoms with van der Waals surface area (Å²) in [5, 5.41) is 12.9. The highest BCUT2D eigenvalue weighted by atomic mass is 127. The van der Waals surface area contributed by atoms with Crippen molar-refractivity contribution in [2.45, 2.75) is 63.8 Å². The number of carbonyl (C=O) groups excluding carboxylic acids is 1. The van der Waals surface area contributed by atoms with Crippen LogP contribution < -0.4 is 14.8 Å². The standard InChI is InChI=1S/C25H28IN3O3S/c1-31-20-14-16(13-19(26)23(20)32-12-11-27)15-28-25-22(18-9-5-6-10-21(18)33-25)24(30)29-17-7-3-2-4-8-17/h13-15,17H,2-10,12H2,1H3,(H,29,30). The van der Waals surface area contributed by atoms with Crippen LogP contribution in [0, 0.1) is 14.9 Å². The predicted octanol–water partition coefficient (Wildman–Crippen LogP) is 5.96. The highest BCUT2D eigenvalue weighted by Crippen LogP contribution is 2.40. The molecule has 1 aromatic heterocycles. The number of benzene rings is 1. The Kier molecular flexibility index (Phi) is 8.25. The van der Waals surface area contributed by atoms with Crippen LogP contribution in [0.15, 0.2) is 17.1 Å². The number of fused-ring (bicyclic) bond motifs is 1. The molecule has 1 heterocycles. The average molecular weight is 577 g/mol. The van der Waals surface area contributed by atoms with Gasteiger partial charge in [0.05, 0.1) is 16.2 Å². The van der Waals surface area contributed by atoms with E-state index in [1.54, 1.807) is 24.7 Å². The van der Waals surface area contributed by atoms with Gasteiger partial charge in [-0.15, -0.1) is 11.3 Å². The molecule has 6 nitrogen and oxygen atoms in total. The summed E-state index contributed by atoms with van der Waals surface area (Å²) in [4.78, 5) is 19.4. The molecule has 1 fully saturated rings. The molecule has 33 heavy (non-hydrogen) atoms. The van der Waals surface area contributed by atoms with Gasteiger partial charge >= 0.3 is 0 Å². The summed E-state index contributed by atoms with van der Waals surface area (Å²) in [7, 11) is 1.58. The Morgan fingerprint density at radius 3 is 2.82 bits per heavy atom. The number of halogens is 1. The van der Waals surface area contributed by atoms with Gasteiger partial charge in [0.2, 0.25) is 0 Å². The molecule has 0 bridgehead atoms. The van der Waals surface area contributed by atoms with Crippen LogP contribution in [0.4, 0.5) is 5.00 Å². The lowest BCUT2D eigenvalue weighted by atomic mass is 9.93. The number of nitrogens with zero attached hydrogens (tertiary/aromatic N) is 2. The molecule has 0 atom stereocenters. The largest absolute Gasteiger partial charge is 0.493 e. The van der Waals surface area contributed by atoms with Crippen molar-refractivity contribution in [1.82, 2.24) is 5.32 Å². The van der Waals surface area contributed by atoms with Crippen LogP contribution in [0.5, 0.6) is 11.5 Å². The number of thiophene rings is 1. The molecule has 0 saturated heterocycles. The van der Waals surface area contributed by atoms with Gasteiger partial charge in [-0.2, -0.15) is 5.26 Å². The first-order chi connectivity index (χ1) is 16.1. The molecule has 1 saturated carbocycles. The Labute approximate surface area is 212 Å². The first-order valence-electron chi connectivity index (χ1n) is 11.5. The molecule has 0 spiro atoms. The molecule has 2 aliphatic carbocycles. The molecule has 174 valence electrons. The molecular weight excluding hydrogens is 549 g/mol. The van der Waals surface area contributed by atoms with Crippen LogP contribution in [0.1, 0.15) is 71.3 Å². The van der Waals surface area contributed by atoms with E-state index in [1.165, 1.54) is 36.1 Å². The third-order valence-electron chi connectivity index (χ3n) is 6.18. The van der Waals surface area contributed by atoms with Crippen molar-refractivity contribution < 1.29 is 14.3 Å². The first-order valence-corrected chi connectivity index (χ1v) is 13.4. The van der Waals surface area contributed by atoms with Gasteiger partial charge in [-0.1, -0.05) is 19.3 Å². The molecule has 4 rings (SSSR count). The maximum Gasteiger partial charge on any atom is 0.254 e. The van der Waals surface area contributed by atoms with E-state index in [9.17, 15) is 4.79 Å². The highest BCUT2D eigenvalue weighted by molar-refractivity contribution is 14.1. The summed E-state index contributed by atoms with van der Waals surface area (Å²) >= 11 is 3.82. The van der Waals surface area contributed by atoms with Crippen molar-refractivity contribution in [3.8, 4) is 17.6 Å². The molecule has 1 aromatic carbocycles. The smallest absolute Gasteiger partial charge is 0.254 e. The number of carbonyl (C=O) groups is 1. The molecule has 1 amide bonds. The SMILES string of the molecule is COc1cc(C=Nc2sc3c(c2C(=O)NC2CCCCC2)CCCC3)cc(I)c1OCC#N. The monoisotopic (exact) mass is 577 g/mol. The van der Waals surface area contributed by atoms with Gasteiger partial charge in [0.25, 0.3) is 5.91 Å². The number of nitrogens with one attached hydrogen (secondary N) is 1. The predicted molar refractivity (Wildman–Crippen MR) is 139 cm³/mol. The topological polar surface area (TPSA) is 83.7 Å². The zero-order chi connectivity index (χ0) is 23.2. The van der Waals surface area contributed by atoms with Gasteiger partial charge in [-0.3, -0.25) is 4.79 Å². The van der Waals surface area contributed by atoms with Crippen LogP contribution in [-0.4, -0.2) is 31.9 Å². The summed E-state index contributed by atoms with van der Waals surface area (Å²) in [5.74, 6) is 1.14. The average Bonchev–Trinajstić information content (AvgIpc) is 3.21. The number of aryl methyl sites for hydroxylation is 1. The van der Waals surface area contributed by atoms with Gasteiger partial charge < -0.3 is 14.8 Å². The Balaban J connectivity index is 1.62. The zero-order valence-corrected chi connectivity index (χ0v) is 21.8. The number of amides is 1. The fourth-order valence-electron chi connectivity index (χ4n) is 4.57. The van der Waals surface area contributed by atoms with Gasteiger partial charge in [-0.25, -0.2) is 4.99 Å². The minimum atomic E-state index is -0.0417. The number of methoxy groups -OCH3 is 1. The summed E-state index contributed by atoms with van der Waals surface area (Å²) in [5.41, 5.74) is 2.82. The van der Waals surface area contributed by atoms with E-state index < -0.39 is 0 Å². The van der Waals surface area contributed by atoms with E-state index in [0.717, 1.165) is 51.8 Å². The van der Waals surface area contributed by atoms with Crippen LogP contribution in [0.3, 0.4) is 0 Å². The molecule has 1 N–H and O–H groups in total. The van der Waals surface area contributed by atoms with Crippen LogP contribution >= 0.6 is 33.9 Å². The maximum absolute atomic E-state index is 13.3. The van der Waals surface area contributed by atoms with Crippen molar-refractivity contribution in [2.24, 2.45) is 4.99 Å². The van der Waals surface area contributed by atoms with E-state index in [0.29, 0.717) is 11.5 Å². The summed E-state index contributed by atoms with van der Waals surface area (Å²) < 4.78 is 11.8. The maximum atomic E-state index is 13.3. The molecule has 0 unspecified atom stereocenters. The number of nitriles is 1. The van der Waals surface area contributed by atoms with E-state index in [4.69, 9.17) is 19.7 Å². The first kappa shape index (κ1) is 24.0. The van der Waals surface area contributed by atoms with E-state index in [1.807, 2.05) is 18.2 Å².